The second kappa shape index (κ2) is 4.43. The van der Waals surface area contributed by atoms with E-state index in [4.69, 9.17) is 0 Å². The van der Waals surface area contributed by atoms with Crippen molar-refractivity contribution in [3.63, 3.8) is 0 Å². The Kier molecular flexibility index (Phi) is 3.49. The molecule has 1 N–H and O–H groups in total. The molecule has 1 unspecified atom stereocenters. The summed E-state index contributed by atoms with van der Waals surface area (Å²) in [5.74, 6) is 0.285. The van der Waals surface area contributed by atoms with Gasteiger partial charge < -0.3 is 5.11 Å². The minimum absolute atomic E-state index is 0.285. The Bertz CT molecular complexity index is 266. The smallest absolute Gasteiger partial charge is 0.0815 e. The Hall–Kier alpha value is -0.820. The summed E-state index contributed by atoms with van der Waals surface area (Å²) in [6.07, 6.45) is 0.663. The highest BCUT2D eigenvalue weighted by Crippen LogP contribution is 2.24. The maximum atomic E-state index is 9.91. The third kappa shape index (κ3) is 2.31. The van der Waals surface area contributed by atoms with Gasteiger partial charge in [0.05, 0.1) is 6.10 Å². The predicted octanol–water partition coefficient (Wildman–Crippen LogP) is 2.94. The van der Waals surface area contributed by atoms with Gasteiger partial charge in [-0.1, -0.05) is 45.0 Å². The van der Waals surface area contributed by atoms with E-state index in [1.165, 1.54) is 5.56 Å². The van der Waals surface area contributed by atoms with Gasteiger partial charge >= 0.3 is 0 Å². The molecule has 0 spiro atoms. The molecule has 0 aliphatic rings. The molecular formula is C12H18O. The second-order valence-corrected chi connectivity index (χ2v) is 3.74. The van der Waals surface area contributed by atoms with Crippen molar-refractivity contribution in [1.82, 2.24) is 0 Å². The summed E-state index contributed by atoms with van der Waals surface area (Å²) in [7, 11) is 0. The van der Waals surface area contributed by atoms with Crippen LogP contribution in [0.1, 0.15) is 38.0 Å². The Morgan fingerprint density at radius 1 is 1.23 bits per heavy atom. The van der Waals surface area contributed by atoms with E-state index < -0.39 is 0 Å². The first-order chi connectivity index (χ1) is 6.16. The van der Waals surface area contributed by atoms with Crippen molar-refractivity contribution in [3.05, 3.63) is 35.4 Å². The lowest BCUT2D eigenvalue weighted by molar-refractivity contribution is 0.126. The lowest BCUT2D eigenvalue weighted by Crippen LogP contribution is -2.07. The van der Waals surface area contributed by atoms with Gasteiger partial charge in [0.2, 0.25) is 0 Å². The Morgan fingerprint density at radius 2 is 1.85 bits per heavy atom. The van der Waals surface area contributed by atoms with Crippen molar-refractivity contribution >= 4 is 0 Å². The fourth-order valence-electron chi connectivity index (χ4n) is 1.50. The molecule has 0 saturated heterocycles. The van der Waals surface area contributed by atoms with Crippen LogP contribution in [0.5, 0.6) is 0 Å². The fourth-order valence-corrected chi connectivity index (χ4v) is 1.50. The summed E-state index contributed by atoms with van der Waals surface area (Å²) in [6.45, 7) is 6.19. The minimum Gasteiger partial charge on any atom is -0.388 e. The van der Waals surface area contributed by atoms with Gasteiger partial charge in [0.15, 0.2) is 0 Å². The first-order valence-electron chi connectivity index (χ1n) is 4.92. The van der Waals surface area contributed by atoms with Gasteiger partial charge in [-0.3, -0.25) is 0 Å². The number of aryl methyl sites for hydroxylation is 1. The van der Waals surface area contributed by atoms with Crippen molar-refractivity contribution in [3.8, 4) is 0 Å². The van der Waals surface area contributed by atoms with Gasteiger partial charge in [-0.15, -0.1) is 0 Å². The van der Waals surface area contributed by atoms with Gasteiger partial charge in [-0.05, 0) is 23.5 Å². The van der Waals surface area contributed by atoms with Crippen LogP contribution in [0.4, 0.5) is 0 Å². The summed E-state index contributed by atoms with van der Waals surface area (Å²) in [5.41, 5.74) is 2.34. The van der Waals surface area contributed by atoms with Crippen molar-refractivity contribution in [2.24, 2.45) is 5.92 Å². The zero-order valence-electron chi connectivity index (χ0n) is 8.62. The summed E-state index contributed by atoms with van der Waals surface area (Å²) in [4.78, 5) is 0. The summed E-state index contributed by atoms with van der Waals surface area (Å²) in [5, 5.41) is 9.91. The summed E-state index contributed by atoms with van der Waals surface area (Å²) >= 11 is 0. The van der Waals surface area contributed by atoms with Crippen LogP contribution in [-0.2, 0) is 6.42 Å². The van der Waals surface area contributed by atoms with Crippen molar-refractivity contribution in [2.45, 2.75) is 33.3 Å². The van der Waals surface area contributed by atoms with E-state index in [0.29, 0.717) is 0 Å². The largest absolute Gasteiger partial charge is 0.388 e. The van der Waals surface area contributed by atoms with Crippen molar-refractivity contribution in [1.29, 1.82) is 0 Å². The highest BCUT2D eigenvalue weighted by molar-refractivity contribution is 5.29. The van der Waals surface area contributed by atoms with E-state index in [1.54, 1.807) is 0 Å². The summed E-state index contributed by atoms with van der Waals surface area (Å²) < 4.78 is 0. The van der Waals surface area contributed by atoms with Gasteiger partial charge in [0.25, 0.3) is 0 Å². The molecule has 0 radical (unpaired) electrons. The molecule has 1 nitrogen and oxygen atoms in total. The molecule has 0 fully saturated rings. The van der Waals surface area contributed by atoms with Gasteiger partial charge in [0.1, 0.15) is 0 Å². The van der Waals surface area contributed by atoms with Crippen LogP contribution in [0.25, 0.3) is 0 Å². The first-order valence-corrected chi connectivity index (χ1v) is 4.92. The van der Waals surface area contributed by atoms with E-state index in [9.17, 15) is 5.11 Å². The van der Waals surface area contributed by atoms with Crippen LogP contribution in [0, 0.1) is 5.92 Å². The van der Waals surface area contributed by atoms with Gasteiger partial charge in [-0.2, -0.15) is 0 Å². The van der Waals surface area contributed by atoms with Crippen LogP contribution in [0.15, 0.2) is 24.3 Å². The number of hydrogen-bond acceptors (Lipinski definition) is 1. The molecular weight excluding hydrogens is 160 g/mol. The first kappa shape index (κ1) is 10.3. The average Bonchev–Trinajstić information content (AvgIpc) is 2.16. The van der Waals surface area contributed by atoms with Crippen LogP contribution in [0.3, 0.4) is 0 Å². The molecule has 1 atom stereocenters. The molecule has 1 aromatic carbocycles. The second-order valence-electron chi connectivity index (χ2n) is 3.74. The molecule has 0 aliphatic heterocycles. The molecule has 0 aliphatic carbocycles. The van der Waals surface area contributed by atoms with Crippen LogP contribution >= 0.6 is 0 Å². The van der Waals surface area contributed by atoms with E-state index >= 15 is 0 Å². The number of aliphatic hydroxyl groups is 1. The van der Waals surface area contributed by atoms with Crippen molar-refractivity contribution < 1.29 is 5.11 Å². The minimum atomic E-state index is -0.323. The third-order valence-electron chi connectivity index (χ3n) is 2.39. The van der Waals surface area contributed by atoms with E-state index in [0.717, 1.165) is 12.0 Å². The molecule has 0 aromatic heterocycles. The van der Waals surface area contributed by atoms with E-state index in [-0.39, 0.29) is 12.0 Å². The SMILES string of the molecule is CCc1ccccc1C(O)C(C)C. The van der Waals surface area contributed by atoms with Crippen LogP contribution in [-0.4, -0.2) is 5.11 Å². The zero-order chi connectivity index (χ0) is 9.84. The average molecular weight is 178 g/mol. The maximum Gasteiger partial charge on any atom is 0.0815 e. The standard InChI is InChI=1S/C12H18O/c1-4-10-7-5-6-8-11(10)12(13)9(2)3/h5-9,12-13H,4H2,1-3H3. The molecule has 1 rings (SSSR count). The number of hydrogen-bond donors (Lipinski definition) is 1. The molecule has 0 amide bonds. The Balaban J connectivity index is 2.98. The van der Waals surface area contributed by atoms with E-state index in [1.807, 2.05) is 32.0 Å². The third-order valence-corrected chi connectivity index (χ3v) is 2.39. The van der Waals surface area contributed by atoms with Crippen LogP contribution < -0.4 is 0 Å². The molecule has 0 saturated carbocycles. The van der Waals surface area contributed by atoms with Crippen molar-refractivity contribution in [2.75, 3.05) is 0 Å². The molecule has 13 heavy (non-hydrogen) atoms. The maximum absolute atomic E-state index is 9.91. The lowest BCUT2D eigenvalue weighted by Gasteiger charge is -2.17. The Labute approximate surface area is 80.4 Å². The Morgan fingerprint density at radius 3 is 2.38 bits per heavy atom. The molecule has 1 aromatic rings. The normalized spacial score (nSPS) is 13.3. The fraction of sp³-hybridized carbons (Fsp3) is 0.500. The predicted molar refractivity (Wildman–Crippen MR) is 55.6 cm³/mol. The zero-order valence-corrected chi connectivity index (χ0v) is 8.62. The number of benzene rings is 1. The van der Waals surface area contributed by atoms with Gasteiger partial charge in [-0.25, -0.2) is 0 Å². The van der Waals surface area contributed by atoms with Gasteiger partial charge in [0, 0.05) is 0 Å². The molecule has 1 heteroatoms. The monoisotopic (exact) mass is 178 g/mol. The highest BCUT2D eigenvalue weighted by Gasteiger charge is 2.13. The molecule has 0 heterocycles. The topological polar surface area (TPSA) is 20.2 Å². The quantitative estimate of drug-likeness (QED) is 0.754. The summed E-state index contributed by atoms with van der Waals surface area (Å²) in [6, 6.07) is 8.11. The number of aliphatic hydroxyl groups excluding tert-OH is 1. The number of rotatable bonds is 3. The highest BCUT2D eigenvalue weighted by atomic mass is 16.3. The van der Waals surface area contributed by atoms with E-state index in [2.05, 4.69) is 13.0 Å². The lowest BCUT2D eigenvalue weighted by atomic mass is 9.94. The molecule has 72 valence electrons. The van der Waals surface area contributed by atoms with Crippen LogP contribution in [0.2, 0.25) is 0 Å². The molecule has 0 bridgehead atoms.